The van der Waals surface area contributed by atoms with E-state index in [2.05, 4.69) is 68.3 Å². The second kappa shape index (κ2) is 14.2. The van der Waals surface area contributed by atoms with Crippen LogP contribution in [0.2, 0.25) is 0 Å². The van der Waals surface area contributed by atoms with Crippen LogP contribution in [-0.4, -0.2) is 64.3 Å². The standard InChI is InChI=1S/2C19H22N2O2.Zn/c2*1-19(2)12-23-18(20-19)16-11-14(7-10-17(16)22)13-5-8-15(9-6-13)21(3)4;/h2*5-11,22H,12H2,1-4H3;/q;;+2/p-2. The molecule has 2 aliphatic heterocycles. The summed E-state index contributed by atoms with van der Waals surface area (Å²) in [6, 6.07) is 27.1. The van der Waals surface area contributed by atoms with Crippen molar-refractivity contribution in [2.75, 3.05) is 51.2 Å². The van der Waals surface area contributed by atoms with Crippen molar-refractivity contribution < 1.29 is 39.2 Å². The zero-order valence-corrected chi connectivity index (χ0v) is 31.6. The smallest absolute Gasteiger partial charge is 0.872 e. The molecule has 240 valence electrons. The Hall–Kier alpha value is -4.36. The van der Waals surface area contributed by atoms with E-state index >= 15 is 0 Å². The van der Waals surface area contributed by atoms with Crippen molar-refractivity contribution in [3.8, 4) is 33.8 Å². The summed E-state index contributed by atoms with van der Waals surface area (Å²) in [5.41, 5.74) is 6.90. The first-order valence-electron chi connectivity index (χ1n) is 15.4. The van der Waals surface area contributed by atoms with Crippen LogP contribution >= 0.6 is 0 Å². The van der Waals surface area contributed by atoms with Gasteiger partial charge in [-0.1, -0.05) is 60.0 Å². The molecule has 0 fully saturated rings. The van der Waals surface area contributed by atoms with Crippen molar-refractivity contribution in [3.05, 3.63) is 96.1 Å². The Morgan fingerprint density at radius 2 is 0.851 bits per heavy atom. The average molecular weight is 684 g/mol. The Morgan fingerprint density at radius 1 is 0.532 bits per heavy atom. The molecule has 0 aliphatic carbocycles. The van der Waals surface area contributed by atoms with Gasteiger partial charge in [-0.2, -0.15) is 0 Å². The summed E-state index contributed by atoms with van der Waals surface area (Å²) < 4.78 is 11.2. The Balaban J connectivity index is 0.000000208. The molecule has 9 heteroatoms. The molecule has 47 heavy (non-hydrogen) atoms. The number of nitrogens with zero attached hydrogens (tertiary/aromatic N) is 4. The van der Waals surface area contributed by atoms with Crippen LogP contribution in [0.3, 0.4) is 0 Å². The average Bonchev–Trinajstić information content (AvgIpc) is 3.58. The van der Waals surface area contributed by atoms with Crippen LogP contribution in [0.25, 0.3) is 22.3 Å². The van der Waals surface area contributed by atoms with Crippen LogP contribution < -0.4 is 20.0 Å². The van der Waals surface area contributed by atoms with Gasteiger partial charge in [0.25, 0.3) is 0 Å². The van der Waals surface area contributed by atoms with E-state index in [0.29, 0.717) is 36.1 Å². The molecule has 0 bridgehead atoms. The predicted molar refractivity (Wildman–Crippen MR) is 184 cm³/mol. The van der Waals surface area contributed by atoms with Crippen molar-refractivity contribution in [1.29, 1.82) is 0 Å². The minimum Gasteiger partial charge on any atom is -0.872 e. The van der Waals surface area contributed by atoms with Crippen molar-refractivity contribution in [2.24, 2.45) is 9.98 Å². The van der Waals surface area contributed by atoms with E-state index in [1.54, 1.807) is 12.1 Å². The number of rotatable bonds is 6. The van der Waals surface area contributed by atoms with Gasteiger partial charge in [0.05, 0.1) is 11.1 Å². The minimum absolute atomic E-state index is 0. The Kier molecular flexibility index (Phi) is 10.7. The zero-order valence-electron chi connectivity index (χ0n) is 28.6. The number of hydrogen-bond acceptors (Lipinski definition) is 8. The molecule has 4 aromatic carbocycles. The molecule has 2 aliphatic rings. The molecule has 4 aromatic rings. The summed E-state index contributed by atoms with van der Waals surface area (Å²) in [5, 5.41) is 24.4. The van der Waals surface area contributed by atoms with Gasteiger partial charge in [-0.15, -0.1) is 0 Å². The maximum Gasteiger partial charge on any atom is 2.00 e. The molecular formula is C38H42N4O4Zn. The largest absolute Gasteiger partial charge is 2.00 e. The first-order chi connectivity index (χ1) is 21.7. The van der Waals surface area contributed by atoms with Crippen molar-refractivity contribution in [1.82, 2.24) is 0 Å². The molecule has 0 amide bonds. The van der Waals surface area contributed by atoms with E-state index < -0.39 is 0 Å². The summed E-state index contributed by atoms with van der Waals surface area (Å²) in [5.74, 6) is 0.781. The molecule has 8 nitrogen and oxygen atoms in total. The van der Waals surface area contributed by atoms with Crippen LogP contribution in [0.5, 0.6) is 11.5 Å². The molecule has 0 spiro atoms. The van der Waals surface area contributed by atoms with E-state index in [0.717, 1.165) is 33.6 Å². The van der Waals surface area contributed by atoms with E-state index in [1.807, 2.05) is 80.2 Å². The minimum atomic E-state index is -0.273. The van der Waals surface area contributed by atoms with E-state index in [-0.39, 0.29) is 42.1 Å². The second-order valence-corrected chi connectivity index (χ2v) is 13.3. The second-order valence-electron chi connectivity index (χ2n) is 13.3. The quantitative estimate of drug-likeness (QED) is 0.228. The first-order valence-corrected chi connectivity index (χ1v) is 15.4. The summed E-state index contributed by atoms with van der Waals surface area (Å²) in [6.45, 7) is 8.98. The van der Waals surface area contributed by atoms with Gasteiger partial charge in [-0.3, -0.25) is 0 Å². The molecule has 0 N–H and O–H groups in total. The molecular weight excluding hydrogens is 642 g/mol. The third-order valence-corrected chi connectivity index (χ3v) is 7.79. The van der Waals surface area contributed by atoms with Crippen LogP contribution in [0, 0.1) is 0 Å². The first kappa shape index (κ1) is 35.5. The summed E-state index contributed by atoms with van der Waals surface area (Å²) >= 11 is 0. The van der Waals surface area contributed by atoms with Gasteiger partial charge >= 0.3 is 19.5 Å². The zero-order chi connectivity index (χ0) is 33.2. The van der Waals surface area contributed by atoms with E-state index in [1.165, 1.54) is 0 Å². The third-order valence-electron chi connectivity index (χ3n) is 7.79. The van der Waals surface area contributed by atoms with Gasteiger partial charge < -0.3 is 29.5 Å². The van der Waals surface area contributed by atoms with E-state index in [4.69, 9.17) is 9.47 Å². The van der Waals surface area contributed by atoms with Crippen LogP contribution in [0.1, 0.15) is 38.8 Å². The number of ether oxygens (including phenoxy) is 2. The fraction of sp³-hybridized carbons (Fsp3) is 0.316. The molecule has 2 heterocycles. The normalized spacial score (nSPS) is 15.6. The predicted octanol–water partition coefficient (Wildman–Crippen LogP) is 6.09. The van der Waals surface area contributed by atoms with Crippen LogP contribution in [-0.2, 0) is 29.0 Å². The van der Waals surface area contributed by atoms with Gasteiger partial charge in [-0.05, 0) is 86.3 Å². The fourth-order valence-electron chi connectivity index (χ4n) is 5.10. The topological polar surface area (TPSA) is 95.8 Å². The summed E-state index contributed by atoms with van der Waals surface area (Å²) in [6.07, 6.45) is 0. The molecule has 0 saturated heterocycles. The SMILES string of the molecule is CN(C)c1ccc(-c2ccc([O-])c(C3=NC(C)(C)CO3)c2)cc1.CN(C)c1ccc(-c2ccc([O-])c(C3=NC(C)(C)CO3)c2)cc1.[Zn+2]. The maximum atomic E-state index is 12.2. The molecule has 0 saturated carbocycles. The Morgan fingerprint density at radius 3 is 1.13 bits per heavy atom. The molecule has 6 rings (SSSR count). The van der Waals surface area contributed by atoms with Crippen LogP contribution in [0.4, 0.5) is 11.4 Å². The molecule has 0 aromatic heterocycles. The van der Waals surface area contributed by atoms with Crippen molar-refractivity contribution in [3.63, 3.8) is 0 Å². The fourth-order valence-corrected chi connectivity index (χ4v) is 5.10. The molecule has 0 radical (unpaired) electrons. The Bertz CT molecular complexity index is 1630. The van der Waals surface area contributed by atoms with Crippen molar-refractivity contribution in [2.45, 2.75) is 38.8 Å². The molecule has 0 unspecified atom stereocenters. The number of benzene rings is 4. The van der Waals surface area contributed by atoms with E-state index in [9.17, 15) is 10.2 Å². The van der Waals surface area contributed by atoms with Crippen molar-refractivity contribution >= 4 is 23.2 Å². The van der Waals surface area contributed by atoms with Gasteiger partial charge in [0.2, 0.25) is 11.8 Å². The van der Waals surface area contributed by atoms with Gasteiger partial charge in [-0.25, -0.2) is 9.98 Å². The number of aliphatic imine (C=N–C) groups is 2. The number of hydrogen-bond donors (Lipinski definition) is 0. The third kappa shape index (κ3) is 8.52. The summed E-state index contributed by atoms with van der Waals surface area (Å²) in [4.78, 5) is 13.1. The summed E-state index contributed by atoms with van der Waals surface area (Å²) in [7, 11) is 8.04. The van der Waals surface area contributed by atoms with Gasteiger partial charge in [0.1, 0.15) is 13.2 Å². The monoisotopic (exact) mass is 682 g/mol. The maximum absolute atomic E-state index is 12.2. The Labute approximate surface area is 291 Å². The number of anilines is 2. The van der Waals surface area contributed by atoms with Gasteiger partial charge in [0.15, 0.2) is 0 Å². The van der Waals surface area contributed by atoms with Crippen LogP contribution in [0.15, 0.2) is 94.9 Å². The van der Waals surface area contributed by atoms with Gasteiger partial charge in [0, 0.05) is 50.7 Å². The molecule has 0 atom stereocenters.